The molecule has 0 saturated heterocycles. The van der Waals surface area contributed by atoms with E-state index in [9.17, 15) is 9.59 Å². The van der Waals surface area contributed by atoms with Crippen LogP contribution in [0.1, 0.15) is 53.9 Å². The number of hydrogen-bond acceptors (Lipinski definition) is 3. The summed E-state index contributed by atoms with van der Waals surface area (Å²) in [7, 11) is 0. The van der Waals surface area contributed by atoms with E-state index in [0.717, 1.165) is 24.8 Å². The average Bonchev–Trinajstić information content (AvgIpc) is 2.13. The molecule has 1 aliphatic rings. The SMILES string of the molecule is CC(=O)[C@@H]1CCCC(C)=C1C(=O)OC(C)(C)C. The highest BCUT2D eigenvalue weighted by molar-refractivity contribution is 5.98. The molecule has 0 spiro atoms. The second-order valence-electron chi connectivity index (χ2n) is 5.75. The largest absolute Gasteiger partial charge is 0.457 e. The Morgan fingerprint density at radius 3 is 2.35 bits per heavy atom. The molecule has 0 aliphatic heterocycles. The Kier molecular flexibility index (Phi) is 4.12. The molecule has 1 rings (SSSR count). The molecule has 1 aliphatic carbocycles. The van der Waals surface area contributed by atoms with Crippen molar-refractivity contribution in [3.63, 3.8) is 0 Å². The molecule has 0 N–H and O–H groups in total. The lowest BCUT2D eigenvalue weighted by Crippen LogP contribution is -2.31. The summed E-state index contributed by atoms with van der Waals surface area (Å²) < 4.78 is 5.38. The first kappa shape index (κ1) is 13.9. The third kappa shape index (κ3) is 3.69. The number of Topliss-reactive ketones (excluding diaryl/α,β-unsaturated/α-hetero) is 1. The fraction of sp³-hybridized carbons (Fsp3) is 0.714. The van der Waals surface area contributed by atoms with Gasteiger partial charge in [0.2, 0.25) is 0 Å². The van der Waals surface area contributed by atoms with Gasteiger partial charge in [0.15, 0.2) is 0 Å². The molecule has 1 atom stereocenters. The van der Waals surface area contributed by atoms with Gasteiger partial charge in [-0.2, -0.15) is 0 Å². The summed E-state index contributed by atoms with van der Waals surface area (Å²) in [5.74, 6) is -0.529. The maximum Gasteiger partial charge on any atom is 0.335 e. The number of ketones is 1. The standard InChI is InChI=1S/C14H22O3/c1-9-7-6-8-11(10(2)15)12(9)13(16)17-14(3,4)5/h11H,6-8H2,1-5H3/t11-/m0/s1. The summed E-state index contributed by atoms with van der Waals surface area (Å²) in [5, 5.41) is 0. The van der Waals surface area contributed by atoms with Crippen molar-refractivity contribution in [3.8, 4) is 0 Å². The van der Waals surface area contributed by atoms with Gasteiger partial charge in [-0.15, -0.1) is 0 Å². The molecule has 0 fully saturated rings. The normalized spacial score (nSPS) is 21.4. The number of esters is 1. The van der Waals surface area contributed by atoms with E-state index in [1.807, 2.05) is 27.7 Å². The second-order valence-corrected chi connectivity index (χ2v) is 5.75. The summed E-state index contributed by atoms with van der Waals surface area (Å²) in [6.07, 6.45) is 2.63. The van der Waals surface area contributed by atoms with Crippen molar-refractivity contribution >= 4 is 11.8 Å². The minimum atomic E-state index is -0.511. The predicted octanol–water partition coefficient (Wildman–Crippen LogP) is 3.03. The highest BCUT2D eigenvalue weighted by Gasteiger charge is 2.32. The van der Waals surface area contributed by atoms with Gasteiger partial charge in [0.1, 0.15) is 11.4 Å². The van der Waals surface area contributed by atoms with Gasteiger partial charge in [0, 0.05) is 11.5 Å². The maximum atomic E-state index is 12.1. The summed E-state index contributed by atoms with van der Waals surface area (Å²) in [4.78, 5) is 23.7. The van der Waals surface area contributed by atoms with Crippen LogP contribution in [0.25, 0.3) is 0 Å². The molecule has 0 radical (unpaired) electrons. The van der Waals surface area contributed by atoms with E-state index in [1.54, 1.807) is 6.92 Å². The lowest BCUT2D eigenvalue weighted by atomic mass is 9.81. The quantitative estimate of drug-likeness (QED) is 0.694. The average molecular weight is 238 g/mol. The number of hydrogen-bond donors (Lipinski definition) is 0. The zero-order chi connectivity index (χ0) is 13.2. The van der Waals surface area contributed by atoms with E-state index in [2.05, 4.69) is 0 Å². The zero-order valence-corrected chi connectivity index (χ0v) is 11.4. The smallest absolute Gasteiger partial charge is 0.335 e. The Morgan fingerprint density at radius 2 is 1.88 bits per heavy atom. The number of ether oxygens (including phenoxy) is 1. The maximum absolute atomic E-state index is 12.1. The van der Waals surface area contributed by atoms with Crippen LogP contribution in [0.4, 0.5) is 0 Å². The summed E-state index contributed by atoms with van der Waals surface area (Å²) in [6.45, 7) is 8.99. The molecule has 0 aromatic rings. The van der Waals surface area contributed by atoms with Crippen LogP contribution in [0.3, 0.4) is 0 Å². The van der Waals surface area contributed by atoms with Gasteiger partial charge in [-0.3, -0.25) is 4.79 Å². The highest BCUT2D eigenvalue weighted by atomic mass is 16.6. The van der Waals surface area contributed by atoms with Crippen molar-refractivity contribution in [3.05, 3.63) is 11.1 Å². The van der Waals surface area contributed by atoms with Crippen LogP contribution in [-0.2, 0) is 14.3 Å². The van der Waals surface area contributed by atoms with Crippen molar-refractivity contribution < 1.29 is 14.3 Å². The molecule has 0 amide bonds. The topological polar surface area (TPSA) is 43.4 Å². The molecule has 0 saturated carbocycles. The van der Waals surface area contributed by atoms with Crippen LogP contribution in [0.5, 0.6) is 0 Å². The summed E-state index contributed by atoms with van der Waals surface area (Å²) >= 11 is 0. The Morgan fingerprint density at radius 1 is 1.29 bits per heavy atom. The molecule has 96 valence electrons. The Balaban J connectivity index is 2.98. The van der Waals surface area contributed by atoms with Crippen LogP contribution >= 0.6 is 0 Å². The van der Waals surface area contributed by atoms with Gasteiger partial charge < -0.3 is 4.74 Å². The van der Waals surface area contributed by atoms with Crippen molar-refractivity contribution in [2.75, 3.05) is 0 Å². The molecule has 0 bridgehead atoms. The van der Waals surface area contributed by atoms with E-state index < -0.39 is 5.60 Å². The first-order valence-electron chi connectivity index (χ1n) is 6.16. The van der Waals surface area contributed by atoms with Crippen molar-refractivity contribution in [1.29, 1.82) is 0 Å². The van der Waals surface area contributed by atoms with E-state index in [0.29, 0.717) is 5.57 Å². The predicted molar refractivity (Wildman–Crippen MR) is 66.6 cm³/mol. The van der Waals surface area contributed by atoms with Crippen LogP contribution in [0.2, 0.25) is 0 Å². The van der Waals surface area contributed by atoms with E-state index in [-0.39, 0.29) is 17.7 Å². The fourth-order valence-corrected chi connectivity index (χ4v) is 2.20. The molecule has 3 heteroatoms. The summed E-state index contributed by atoms with van der Waals surface area (Å²) in [6, 6.07) is 0. The molecule has 17 heavy (non-hydrogen) atoms. The molecule has 0 aromatic carbocycles. The van der Waals surface area contributed by atoms with Crippen molar-refractivity contribution in [2.45, 2.75) is 59.5 Å². The summed E-state index contributed by atoms with van der Waals surface area (Å²) in [5.41, 5.74) is 1.09. The molecular formula is C14H22O3. The van der Waals surface area contributed by atoms with Crippen LogP contribution in [-0.4, -0.2) is 17.4 Å². The van der Waals surface area contributed by atoms with Gasteiger partial charge in [0.25, 0.3) is 0 Å². The van der Waals surface area contributed by atoms with Crippen LogP contribution in [0.15, 0.2) is 11.1 Å². The first-order chi connectivity index (χ1) is 7.72. The zero-order valence-electron chi connectivity index (χ0n) is 11.4. The van der Waals surface area contributed by atoms with Gasteiger partial charge in [-0.25, -0.2) is 4.79 Å². The van der Waals surface area contributed by atoms with Crippen LogP contribution < -0.4 is 0 Å². The van der Waals surface area contributed by atoms with Crippen LogP contribution in [0, 0.1) is 5.92 Å². The van der Waals surface area contributed by atoms with Gasteiger partial charge in [0.05, 0.1) is 0 Å². The number of allylic oxidation sites excluding steroid dienone is 1. The molecule has 0 heterocycles. The third-order valence-corrected chi connectivity index (χ3v) is 2.96. The second kappa shape index (κ2) is 5.03. The first-order valence-corrected chi connectivity index (χ1v) is 6.16. The molecule has 0 aromatic heterocycles. The number of carbonyl (C=O) groups excluding carboxylic acids is 2. The van der Waals surface area contributed by atoms with Crippen molar-refractivity contribution in [1.82, 2.24) is 0 Å². The highest BCUT2D eigenvalue weighted by Crippen LogP contribution is 2.32. The monoisotopic (exact) mass is 238 g/mol. The minimum absolute atomic E-state index is 0.0601. The lowest BCUT2D eigenvalue weighted by Gasteiger charge is -2.27. The Labute approximate surface area is 103 Å². The third-order valence-electron chi connectivity index (χ3n) is 2.96. The molecular weight excluding hydrogens is 216 g/mol. The molecule has 3 nitrogen and oxygen atoms in total. The fourth-order valence-electron chi connectivity index (χ4n) is 2.20. The van der Waals surface area contributed by atoms with Gasteiger partial charge in [-0.05, 0) is 53.9 Å². The van der Waals surface area contributed by atoms with Gasteiger partial charge >= 0.3 is 5.97 Å². The van der Waals surface area contributed by atoms with Crippen molar-refractivity contribution in [2.24, 2.45) is 5.92 Å². The Hall–Kier alpha value is -1.12. The minimum Gasteiger partial charge on any atom is -0.457 e. The number of rotatable bonds is 2. The number of carbonyl (C=O) groups is 2. The van der Waals surface area contributed by atoms with E-state index >= 15 is 0 Å². The van der Waals surface area contributed by atoms with E-state index in [1.165, 1.54) is 0 Å². The van der Waals surface area contributed by atoms with Gasteiger partial charge in [-0.1, -0.05) is 5.57 Å². The van der Waals surface area contributed by atoms with E-state index in [4.69, 9.17) is 4.74 Å². The lowest BCUT2D eigenvalue weighted by molar-refractivity contribution is -0.151. The Bertz CT molecular complexity index is 358. The molecule has 0 unspecified atom stereocenters.